The lowest BCUT2D eigenvalue weighted by Gasteiger charge is -2.03. The molecule has 0 spiro atoms. The molecule has 0 atom stereocenters. The predicted octanol–water partition coefficient (Wildman–Crippen LogP) is 4.44. The average Bonchev–Trinajstić information content (AvgIpc) is 2.48. The summed E-state index contributed by atoms with van der Waals surface area (Å²) < 4.78 is 13.5. The number of carbonyl (C=O) groups is 2. The average molecular weight is 362 g/mol. The molecular weight excluding hydrogens is 349 g/mol. The van der Waals surface area contributed by atoms with Gasteiger partial charge in [-0.25, -0.2) is 4.39 Å². The summed E-state index contributed by atoms with van der Waals surface area (Å²) in [5.41, 5.74) is 1.74. The highest BCUT2D eigenvalue weighted by molar-refractivity contribution is 9.10. The second kappa shape index (κ2) is 7.13. The van der Waals surface area contributed by atoms with Crippen LogP contribution in [0.4, 0.5) is 10.1 Å². The van der Waals surface area contributed by atoms with Gasteiger partial charge in [0.05, 0.1) is 4.47 Å². The number of rotatable bonds is 4. The molecule has 3 nitrogen and oxygen atoms in total. The zero-order chi connectivity index (χ0) is 16.1. The number of amides is 1. The molecule has 0 bridgehead atoms. The number of nitrogens with one attached hydrogen (secondary N) is 1. The van der Waals surface area contributed by atoms with Crippen LogP contribution in [0.15, 0.2) is 53.0 Å². The van der Waals surface area contributed by atoms with Crippen LogP contribution < -0.4 is 5.32 Å². The van der Waals surface area contributed by atoms with Crippen LogP contribution in [0.1, 0.15) is 22.8 Å². The van der Waals surface area contributed by atoms with Crippen molar-refractivity contribution in [3.05, 3.63) is 70.0 Å². The molecule has 0 aliphatic carbocycles. The number of benzene rings is 2. The van der Waals surface area contributed by atoms with Crippen LogP contribution in [0.3, 0.4) is 0 Å². The molecular formula is C17H13BrFNO2. The lowest BCUT2D eigenvalue weighted by Crippen LogP contribution is -2.06. The summed E-state index contributed by atoms with van der Waals surface area (Å²) in [5, 5.41) is 2.62. The molecule has 5 heteroatoms. The topological polar surface area (TPSA) is 46.2 Å². The van der Waals surface area contributed by atoms with Crippen LogP contribution in [-0.4, -0.2) is 11.7 Å². The van der Waals surface area contributed by atoms with Gasteiger partial charge in [-0.05, 0) is 51.8 Å². The van der Waals surface area contributed by atoms with Gasteiger partial charge >= 0.3 is 0 Å². The monoisotopic (exact) mass is 361 g/mol. The fourth-order valence-electron chi connectivity index (χ4n) is 1.84. The van der Waals surface area contributed by atoms with Crippen molar-refractivity contribution in [3.8, 4) is 0 Å². The molecule has 0 aliphatic heterocycles. The third-order valence-electron chi connectivity index (χ3n) is 2.84. The van der Waals surface area contributed by atoms with Gasteiger partial charge in [0.2, 0.25) is 5.91 Å². The van der Waals surface area contributed by atoms with E-state index >= 15 is 0 Å². The zero-order valence-corrected chi connectivity index (χ0v) is 13.4. The van der Waals surface area contributed by atoms with E-state index in [2.05, 4.69) is 21.2 Å². The summed E-state index contributed by atoms with van der Waals surface area (Å²) in [6, 6.07) is 11.2. The zero-order valence-electron chi connectivity index (χ0n) is 11.8. The van der Waals surface area contributed by atoms with Gasteiger partial charge in [0, 0.05) is 18.2 Å². The second-order valence-corrected chi connectivity index (χ2v) is 5.49. The van der Waals surface area contributed by atoms with Crippen molar-refractivity contribution < 1.29 is 14.0 Å². The molecule has 0 radical (unpaired) electrons. The maximum absolute atomic E-state index is 13.1. The summed E-state index contributed by atoms with van der Waals surface area (Å²) in [7, 11) is 0. The number of carbonyl (C=O) groups excluding carboxylic acids is 2. The number of hydrogen-bond acceptors (Lipinski definition) is 2. The Kier molecular flexibility index (Phi) is 5.22. The molecule has 0 fully saturated rings. The van der Waals surface area contributed by atoms with Gasteiger partial charge in [0.25, 0.3) is 0 Å². The Morgan fingerprint density at radius 3 is 2.64 bits per heavy atom. The molecule has 0 unspecified atom stereocenters. The van der Waals surface area contributed by atoms with Gasteiger partial charge in [-0.15, -0.1) is 0 Å². The minimum atomic E-state index is -0.355. The van der Waals surface area contributed by atoms with Crippen molar-refractivity contribution in [1.29, 1.82) is 0 Å². The first-order valence-corrected chi connectivity index (χ1v) is 7.30. The van der Waals surface area contributed by atoms with Gasteiger partial charge in [-0.2, -0.15) is 0 Å². The minimum Gasteiger partial charge on any atom is -0.326 e. The normalized spacial score (nSPS) is 10.7. The van der Waals surface area contributed by atoms with Crippen molar-refractivity contribution in [2.45, 2.75) is 6.92 Å². The van der Waals surface area contributed by atoms with E-state index in [-0.39, 0.29) is 17.5 Å². The Labute approximate surface area is 136 Å². The van der Waals surface area contributed by atoms with Crippen LogP contribution >= 0.6 is 15.9 Å². The maximum atomic E-state index is 13.1. The molecule has 112 valence electrons. The Hall–Kier alpha value is -2.27. The predicted molar refractivity (Wildman–Crippen MR) is 88.2 cm³/mol. The molecule has 1 N–H and O–H groups in total. The van der Waals surface area contributed by atoms with Crippen molar-refractivity contribution in [2.75, 3.05) is 5.32 Å². The molecule has 2 aromatic rings. The van der Waals surface area contributed by atoms with E-state index in [0.29, 0.717) is 21.3 Å². The molecule has 22 heavy (non-hydrogen) atoms. The molecule has 0 aliphatic rings. The van der Waals surface area contributed by atoms with Gasteiger partial charge in [0.15, 0.2) is 5.78 Å². The van der Waals surface area contributed by atoms with Crippen LogP contribution in [0.5, 0.6) is 0 Å². The summed E-state index contributed by atoms with van der Waals surface area (Å²) in [6.07, 6.45) is 3.02. The quantitative estimate of drug-likeness (QED) is 0.646. The first kappa shape index (κ1) is 16.1. The second-order valence-electron chi connectivity index (χ2n) is 4.63. The molecule has 0 aromatic heterocycles. The van der Waals surface area contributed by atoms with E-state index in [9.17, 15) is 14.0 Å². The fourth-order valence-corrected chi connectivity index (χ4v) is 2.23. The van der Waals surface area contributed by atoms with E-state index in [1.807, 2.05) is 0 Å². The standard InChI is InChI=1S/C17H13BrFNO2/c1-11(21)20-14-4-2-3-13(10-14)17(22)8-6-12-5-7-16(19)15(18)9-12/h2-10H,1H3,(H,20,21)/b8-6+. The summed E-state index contributed by atoms with van der Waals surface area (Å²) in [4.78, 5) is 23.1. The Balaban J connectivity index is 2.16. The number of ketones is 1. The fraction of sp³-hybridized carbons (Fsp3) is 0.0588. The van der Waals surface area contributed by atoms with Crippen molar-refractivity contribution in [2.24, 2.45) is 0 Å². The Morgan fingerprint density at radius 2 is 1.95 bits per heavy atom. The molecule has 0 saturated heterocycles. The maximum Gasteiger partial charge on any atom is 0.221 e. The molecule has 0 saturated carbocycles. The van der Waals surface area contributed by atoms with Crippen LogP contribution in [0, 0.1) is 5.82 Å². The summed E-state index contributed by atoms with van der Waals surface area (Å²) in [6.45, 7) is 1.40. The van der Waals surface area contributed by atoms with Gasteiger partial charge in [-0.1, -0.05) is 24.3 Å². The largest absolute Gasteiger partial charge is 0.326 e. The SMILES string of the molecule is CC(=O)Nc1cccc(C(=O)/C=C/c2ccc(F)c(Br)c2)c1. The lowest BCUT2D eigenvalue weighted by molar-refractivity contribution is -0.114. The molecule has 0 heterocycles. The Morgan fingerprint density at radius 1 is 1.18 bits per heavy atom. The van der Waals surface area contributed by atoms with E-state index < -0.39 is 0 Å². The third-order valence-corrected chi connectivity index (χ3v) is 3.45. The van der Waals surface area contributed by atoms with Crippen LogP contribution in [0.2, 0.25) is 0 Å². The smallest absolute Gasteiger partial charge is 0.221 e. The van der Waals surface area contributed by atoms with E-state index in [1.165, 1.54) is 19.1 Å². The first-order valence-electron chi connectivity index (χ1n) is 6.51. The van der Waals surface area contributed by atoms with Gasteiger partial charge < -0.3 is 5.32 Å². The van der Waals surface area contributed by atoms with E-state index in [4.69, 9.17) is 0 Å². The van der Waals surface area contributed by atoms with Crippen LogP contribution in [0.25, 0.3) is 6.08 Å². The highest BCUT2D eigenvalue weighted by Crippen LogP contribution is 2.18. The summed E-state index contributed by atoms with van der Waals surface area (Å²) in [5.74, 6) is -0.754. The lowest BCUT2D eigenvalue weighted by atomic mass is 10.1. The van der Waals surface area contributed by atoms with Crippen molar-refractivity contribution >= 4 is 39.4 Å². The highest BCUT2D eigenvalue weighted by atomic mass is 79.9. The van der Waals surface area contributed by atoms with Crippen molar-refractivity contribution in [3.63, 3.8) is 0 Å². The number of anilines is 1. The van der Waals surface area contributed by atoms with Gasteiger partial charge in [0.1, 0.15) is 5.82 Å². The number of halogens is 2. The molecule has 1 amide bonds. The highest BCUT2D eigenvalue weighted by Gasteiger charge is 2.04. The Bertz CT molecular complexity index is 756. The van der Waals surface area contributed by atoms with E-state index in [1.54, 1.807) is 42.5 Å². The van der Waals surface area contributed by atoms with Gasteiger partial charge in [-0.3, -0.25) is 9.59 Å². The molecule has 2 rings (SSSR count). The summed E-state index contributed by atoms with van der Waals surface area (Å²) >= 11 is 3.10. The van der Waals surface area contributed by atoms with Crippen LogP contribution in [-0.2, 0) is 4.79 Å². The minimum absolute atomic E-state index is 0.198. The number of allylic oxidation sites excluding steroid dienone is 1. The third kappa shape index (κ3) is 4.36. The van der Waals surface area contributed by atoms with E-state index in [0.717, 1.165) is 0 Å². The number of hydrogen-bond donors (Lipinski definition) is 1. The molecule has 2 aromatic carbocycles. The first-order chi connectivity index (χ1) is 10.5. The van der Waals surface area contributed by atoms with Crippen molar-refractivity contribution in [1.82, 2.24) is 0 Å².